The molecule has 88 valence electrons. The summed E-state index contributed by atoms with van der Waals surface area (Å²) in [5.41, 5.74) is 2.80. The van der Waals surface area contributed by atoms with Crippen molar-refractivity contribution < 1.29 is 5.11 Å². The molecule has 0 amide bonds. The lowest BCUT2D eigenvalue weighted by atomic mass is 10.0. The molecule has 0 radical (unpaired) electrons. The highest BCUT2D eigenvalue weighted by atomic mass is 35.5. The van der Waals surface area contributed by atoms with Crippen molar-refractivity contribution in [2.75, 3.05) is 0 Å². The van der Waals surface area contributed by atoms with Crippen LogP contribution < -0.4 is 0 Å². The minimum absolute atomic E-state index is 0.540. The first kappa shape index (κ1) is 12.1. The second kappa shape index (κ2) is 5.30. The van der Waals surface area contributed by atoms with E-state index in [-0.39, 0.29) is 0 Å². The Bertz CT molecular complexity index is 496. The lowest BCUT2D eigenvalue weighted by Crippen LogP contribution is -2.02. The summed E-state index contributed by atoms with van der Waals surface area (Å²) in [4.78, 5) is 4.17. The van der Waals surface area contributed by atoms with E-state index >= 15 is 0 Å². The third-order valence-electron chi connectivity index (χ3n) is 2.64. The SMILES string of the molecule is Cc1ccc(C(O)Cc2cccc(Cl)c2)cn1. The van der Waals surface area contributed by atoms with Gasteiger partial charge in [-0.3, -0.25) is 4.98 Å². The molecular weight excluding hydrogens is 234 g/mol. The molecule has 1 aromatic carbocycles. The van der Waals surface area contributed by atoms with E-state index in [9.17, 15) is 5.11 Å². The first-order chi connectivity index (χ1) is 8.15. The fourth-order valence-electron chi connectivity index (χ4n) is 1.68. The van der Waals surface area contributed by atoms with Gasteiger partial charge in [0.15, 0.2) is 0 Å². The Labute approximate surface area is 106 Å². The summed E-state index contributed by atoms with van der Waals surface area (Å²) in [6.07, 6.45) is 1.72. The van der Waals surface area contributed by atoms with Crippen LogP contribution in [0.5, 0.6) is 0 Å². The Morgan fingerprint density at radius 1 is 1.29 bits per heavy atom. The van der Waals surface area contributed by atoms with Gasteiger partial charge in [-0.05, 0) is 36.2 Å². The second-order valence-corrected chi connectivity index (χ2v) is 4.52. The van der Waals surface area contributed by atoms with Crippen LogP contribution in [0.2, 0.25) is 5.02 Å². The van der Waals surface area contributed by atoms with Crippen LogP contribution in [-0.2, 0) is 6.42 Å². The van der Waals surface area contributed by atoms with Gasteiger partial charge in [0.1, 0.15) is 0 Å². The van der Waals surface area contributed by atoms with Crippen LogP contribution >= 0.6 is 11.6 Å². The van der Waals surface area contributed by atoms with Crippen molar-refractivity contribution in [2.24, 2.45) is 0 Å². The van der Waals surface area contributed by atoms with E-state index in [1.807, 2.05) is 43.3 Å². The minimum atomic E-state index is -0.540. The molecule has 1 unspecified atom stereocenters. The van der Waals surface area contributed by atoms with Crippen molar-refractivity contribution in [2.45, 2.75) is 19.4 Å². The van der Waals surface area contributed by atoms with Gasteiger partial charge in [0.05, 0.1) is 6.10 Å². The van der Waals surface area contributed by atoms with E-state index in [1.165, 1.54) is 0 Å². The Hall–Kier alpha value is -1.38. The van der Waals surface area contributed by atoms with Gasteiger partial charge in [0, 0.05) is 23.3 Å². The van der Waals surface area contributed by atoms with Crippen LogP contribution in [0.1, 0.15) is 22.9 Å². The quantitative estimate of drug-likeness (QED) is 0.903. The van der Waals surface area contributed by atoms with Gasteiger partial charge in [0.25, 0.3) is 0 Å². The van der Waals surface area contributed by atoms with Crippen LogP contribution in [0.15, 0.2) is 42.6 Å². The maximum Gasteiger partial charge on any atom is 0.0845 e. The average Bonchev–Trinajstić information content (AvgIpc) is 2.29. The summed E-state index contributed by atoms with van der Waals surface area (Å²) in [7, 11) is 0. The molecule has 1 atom stereocenters. The maximum atomic E-state index is 10.1. The number of aliphatic hydroxyl groups excluding tert-OH is 1. The van der Waals surface area contributed by atoms with Crippen molar-refractivity contribution in [1.82, 2.24) is 4.98 Å². The molecule has 0 saturated carbocycles. The lowest BCUT2D eigenvalue weighted by molar-refractivity contribution is 0.178. The molecule has 0 aliphatic heterocycles. The molecule has 2 nitrogen and oxygen atoms in total. The fourth-order valence-corrected chi connectivity index (χ4v) is 1.89. The van der Waals surface area contributed by atoms with E-state index in [2.05, 4.69) is 4.98 Å². The second-order valence-electron chi connectivity index (χ2n) is 4.08. The molecule has 0 saturated heterocycles. The van der Waals surface area contributed by atoms with Crippen LogP contribution in [0.4, 0.5) is 0 Å². The summed E-state index contributed by atoms with van der Waals surface area (Å²) < 4.78 is 0. The number of benzene rings is 1. The van der Waals surface area contributed by atoms with E-state index < -0.39 is 6.10 Å². The number of hydrogen-bond donors (Lipinski definition) is 1. The summed E-state index contributed by atoms with van der Waals surface area (Å²) in [6.45, 7) is 1.92. The number of aryl methyl sites for hydroxylation is 1. The normalized spacial score (nSPS) is 12.4. The standard InChI is InChI=1S/C14H14ClNO/c1-10-5-6-12(9-16-10)14(17)8-11-3-2-4-13(15)7-11/h2-7,9,14,17H,8H2,1H3. The molecule has 2 rings (SSSR count). The predicted octanol–water partition coefficient (Wildman–Crippen LogP) is 3.32. The number of halogens is 1. The van der Waals surface area contributed by atoms with E-state index in [0.29, 0.717) is 11.4 Å². The van der Waals surface area contributed by atoms with Crippen molar-refractivity contribution in [3.05, 3.63) is 64.4 Å². The molecular formula is C14H14ClNO. The zero-order valence-corrected chi connectivity index (χ0v) is 10.4. The van der Waals surface area contributed by atoms with Gasteiger partial charge in [-0.25, -0.2) is 0 Å². The van der Waals surface area contributed by atoms with Crippen LogP contribution in [0, 0.1) is 6.92 Å². The number of aromatic nitrogens is 1. The number of nitrogens with zero attached hydrogens (tertiary/aromatic N) is 1. The Morgan fingerprint density at radius 3 is 2.76 bits per heavy atom. The minimum Gasteiger partial charge on any atom is -0.388 e. The molecule has 3 heteroatoms. The van der Waals surface area contributed by atoms with Gasteiger partial charge in [-0.1, -0.05) is 29.8 Å². The van der Waals surface area contributed by atoms with Crippen molar-refractivity contribution >= 4 is 11.6 Å². The predicted molar refractivity (Wildman–Crippen MR) is 69.1 cm³/mol. The zero-order chi connectivity index (χ0) is 12.3. The van der Waals surface area contributed by atoms with Gasteiger partial charge in [-0.15, -0.1) is 0 Å². The summed E-state index contributed by atoms with van der Waals surface area (Å²) in [5, 5.41) is 10.8. The third kappa shape index (κ3) is 3.29. The van der Waals surface area contributed by atoms with Gasteiger partial charge in [0.2, 0.25) is 0 Å². The van der Waals surface area contributed by atoms with E-state index in [0.717, 1.165) is 16.8 Å². The largest absolute Gasteiger partial charge is 0.388 e. The number of rotatable bonds is 3. The van der Waals surface area contributed by atoms with Crippen LogP contribution in [0.25, 0.3) is 0 Å². The number of pyridine rings is 1. The van der Waals surface area contributed by atoms with E-state index in [4.69, 9.17) is 11.6 Å². The molecule has 17 heavy (non-hydrogen) atoms. The van der Waals surface area contributed by atoms with Crippen molar-refractivity contribution in [3.8, 4) is 0 Å². The van der Waals surface area contributed by atoms with Crippen LogP contribution in [0.3, 0.4) is 0 Å². The summed E-state index contributed by atoms with van der Waals surface area (Å²) >= 11 is 5.90. The average molecular weight is 248 g/mol. The molecule has 0 aliphatic carbocycles. The topological polar surface area (TPSA) is 33.1 Å². The first-order valence-corrected chi connectivity index (χ1v) is 5.88. The lowest BCUT2D eigenvalue weighted by Gasteiger charge is -2.11. The first-order valence-electron chi connectivity index (χ1n) is 5.50. The Kier molecular flexibility index (Phi) is 3.77. The van der Waals surface area contributed by atoms with Crippen LogP contribution in [-0.4, -0.2) is 10.1 Å². The molecule has 2 aromatic rings. The molecule has 0 aliphatic rings. The van der Waals surface area contributed by atoms with Gasteiger partial charge < -0.3 is 5.11 Å². The Morgan fingerprint density at radius 2 is 2.12 bits per heavy atom. The van der Waals surface area contributed by atoms with E-state index in [1.54, 1.807) is 6.20 Å². The van der Waals surface area contributed by atoms with Gasteiger partial charge >= 0.3 is 0 Å². The molecule has 0 bridgehead atoms. The zero-order valence-electron chi connectivity index (χ0n) is 9.60. The highest BCUT2D eigenvalue weighted by Gasteiger charge is 2.08. The molecule has 1 heterocycles. The highest BCUT2D eigenvalue weighted by Crippen LogP contribution is 2.19. The fraction of sp³-hybridized carbons (Fsp3) is 0.214. The number of aliphatic hydroxyl groups is 1. The molecule has 1 N–H and O–H groups in total. The number of hydrogen-bond acceptors (Lipinski definition) is 2. The molecule has 0 fully saturated rings. The maximum absolute atomic E-state index is 10.1. The molecule has 1 aromatic heterocycles. The van der Waals surface area contributed by atoms with Crippen molar-refractivity contribution in [1.29, 1.82) is 0 Å². The smallest absolute Gasteiger partial charge is 0.0845 e. The summed E-state index contributed by atoms with van der Waals surface area (Å²) in [5.74, 6) is 0. The Balaban J connectivity index is 2.11. The van der Waals surface area contributed by atoms with Crippen molar-refractivity contribution in [3.63, 3.8) is 0 Å². The van der Waals surface area contributed by atoms with Gasteiger partial charge in [-0.2, -0.15) is 0 Å². The third-order valence-corrected chi connectivity index (χ3v) is 2.87. The monoisotopic (exact) mass is 247 g/mol. The molecule has 0 spiro atoms. The highest BCUT2D eigenvalue weighted by molar-refractivity contribution is 6.30. The summed E-state index contributed by atoms with van der Waals surface area (Å²) in [6, 6.07) is 11.3.